The lowest BCUT2D eigenvalue weighted by molar-refractivity contribution is 0.497. The molecule has 0 fully saturated rings. The molecule has 0 radical (unpaired) electrons. The van der Waals surface area contributed by atoms with Gasteiger partial charge in [0.05, 0.1) is 12.8 Å². The van der Waals surface area contributed by atoms with E-state index in [-0.39, 0.29) is 0 Å². The Morgan fingerprint density at radius 3 is 2.67 bits per heavy atom. The van der Waals surface area contributed by atoms with Gasteiger partial charge in [0.1, 0.15) is 5.76 Å². The van der Waals surface area contributed by atoms with Gasteiger partial charge in [-0.05, 0) is 29.4 Å². The van der Waals surface area contributed by atoms with Gasteiger partial charge in [0.25, 0.3) is 0 Å². The molecule has 1 aromatic heterocycles. The zero-order valence-corrected chi connectivity index (χ0v) is 10.3. The van der Waals surface area contributed by atoms with Gasteiger partial charge in [0.15, 0.2) is 0 Å². The molecule has 0 unspecified atom stereocenters. The number of hydrogen-bond acceptors (Lipinski definition) is 2. The van der Waals surface area contributed by atoms with E-state index in [0.717, 1.165) is 12.3 Å². The second kappa shape index (κ2) is 4.67. The van der Waals surface area contributed by atoms with E-state index < -0.39 is 0 Å². The van der Waals surface area contributed by atoms with Crippen LogP contribution in [-0.4, -0.2) is 7.05 Å². The van der Waals surface area contributed by atoms with Crippen molar-refractivity contribution in [3.8, 4) is 11.1 Å². The van der Waals surface area contributed by atoms with E-state index in [9.17, 15) is 0 Å². The lowest BCUT2D eigenvalue weighted by atomic mass is 9.98. The first kappa shape index (κ1) is 11.1. The maximum Gasteiger partial charge on any atom is 0.125 e. The van der Waals surface area contributed by atoms with Gasteiger partial charge in [-0.3, -0.25) is 0 Å². The van der Waals surface area contributed by atoms with Gasteiger partial charge in [-0.25, -0.2) is 0 Å². The fourth-order valence-corrected chi connectivity index (χ4v) is 2.34. The van der Waals surface area contributed by atoms with Crippen molar-refractivity contribution in [2.75, 3.05) is 7.05 Å². The summed E-state index contributed by atoms with van der Waals surface area (Å²) in [6.07, 6.45) is 1.75. The predicted octanol–water partition coefficient (Wildman–Crippen LogP) is 3.82. The van der Waals surface area contributed by atoms with Crippen molar-refractivity contribution in [3.63, 3.8) is 0 Å². The third kappa shape index (κ3) is 1.81. The van der Waals surface area contributed by atoms with Crippen LogP contribution in [0.25, 0.3) is 21.9 Å². The van der Waals surface area contributed by atoms with Crippen molar-refractivity contribution in [1.29, 1.82) is 0 Å². The summed E-state index contributed by atoms with van der Waals surface area (Å²) in [5.41, 5.74) is 2.40. The lowest BCUT2D eigenvalue weighted by Gasteiger charge is -2.06. The Balaban J connectivity index is 2.22. The monoisotopic (exact) mass is 237 g/mol. The van der Waals surface area contributed by atoms with Crippen LogP contribution in [0, 0.1) is 0 Å². The van der Waals surface area contributed by atoms with Gasteiger partial charge in [-0.15, -0.1) is 0 Å². The van der Waals surface area contributed by atoms with E-state index >= 15 is 0 Å². The Bertz CT molecular complexity index is 664. The minimum absolute atomic E-state index is 0.742. The summed E-state index contributed by atoms with van der Waals surface area (Å²) in [7, 11) is 1.93. The van der Waals surface area contributed by atoms with E-state index in [1.54, 1.807) is 6.26 Å². The highest BCUT2D eigenvalue weighted by Crippen LogP contribution is 2.31. The summed E-state index contributed by atoms with van der Waals surface area (Å²) in [6.45, 7) is 0.742. The van der Waals surface area contributed by atoms with Gasteiger partial charge >= 0.3 is 0 Å². The average Bonchev–Trinajstić information content (AvgIpc) is 2.87. The molecule has 0 bridgehead atoms. The highest BCUT2D eigenvalue weighted by atomic mass is 16.3. The molecule has 3 aromatic rings. The maximum atomic E-state index is 5.55. The minimum atomic E-state index is 0.742. The van der Waals surface area contributed by atoms with Crippen LogP contribution in [0.1, 0.15) is 5.76 Å². The molecule has 0 atom stereocenters. The Kier molecular flexibility index (Phi) is 2.87. The van der Waals surface area contributed by atoms with E-state index in [1.165, 1.54) is 21.9 Å². The van der Waals surface area contributed by atoms with Crippen molar-refractivity contribution < 1.29 is 4.42 Å². The summed E-state index contributed by atoms with van der Waals surface area (Å²) in [5, 5.41) is 5.65. The Morgan fingerprint density at radius 1 is 0.944 bits per heavy atom. The molecule has 1 heterocycles. The van der Waals surface area contributed by atoms with Crippen LogP contribution in [0.15, 0.2) is 59.2 Å². The van der Waals surface area contributed by atoms with Crippen molar-refractivity contribution >= 4 is 10.8 Å². The smallest absolute Gasteiger partial charge is 0.125 e. The van der Waals surface area contributed by atoms with Crippen LogP contribution in [0.3, 0.4) is 0 Å². The molecule has 90 valence electrons. The quantitative estimate of drug-likeness (QED) is 0.749. The standard InChI is InChI=1S/C16H15NO/c1-17-11-16-15(9-10-18-16)14-8-4-6-12-5-2-3-7-13(12)14/h2-10,17H,11H2,1H3. The van der Waals surface area contributed by atoms with E-state index in [4.69, 9.17) is 4.42 Å². The number of benzene rings is 2. The molecule has 0 spiro atoms. The first-order valence-electron chi connectivity index (χ1n) is 6.09. The lowest BCUT2D eigenvalue weighted by Crippen LogP contribution is -2.04. The predicted molar refractivity (Wildman–Crippen MR) is 74.4 cm³/mol. The van der Waals surface area contributed by atoms with Crippen LogP contribution in [0.2, 0.25) is 0 Å². The van der Waals surface area contributed by atoms with Crippen LogP contribution >= 0.6 is 0 Å². The number of furan rings is 1. The molecule has 2 heteroatoms. The third-order valence-corrected chi connectivity index (χ3v) is 3.16. The SMILES string of the molecule is CNCc1occc1-c1cccc2ccccc12. The van der Waals surface area contributed by atoms with E-state index in [2.05, 4.69) is 47.8 Å². The van der Waals surface area contributed by atoms with Gasteiger partial charge in [0.2, 0.25) is 0 Å². The minimum Gasteiger partial charge on any atom is -0.467 e. The maximum absolute atomic E-state index is 5.55. The molecule has 0 saturated carbocycles. The normalized spacial score (nSPS) is 10.9. The van der Waals surface area contributed by atoms with Crippen molar-refractivity contribution in [2.24, 2.45) is 0 Å². The number of hydrogen-bond donors (Lipinski definition) is 1. The fraction of sp³-hybridized carbons (Fsp3) is 0.125. The fourth-order valence-electron chi connectivity index (χ4n) is 2.34. The summed E-state index contributed by atoms with van der Waals surface area (Å²) in [4.78, 5) is 0. The van der Waals surface area contributed by atoms with Crippen molar-refractivity contribution in [3.05, 3.63) is 60.6 Å². The Hall–Kier alpha value is -2.06. The first-order valence-corrected chi connectivity index (χ1v) is 6.09. The van der Waals surface area contributed by atoms with Gasteiger partial charge in [-0.1, -0.05) is 42.5 Å². The van der Waals surface area contributed by atoms with E-state index in [0.29, 0.717) is 0 Å². The van der Waals surface area contributed by atoms with Crippen LogP contribution < -0.4 is 5.32 Å². The largest absolute Gasteiger partial charge is 0.467 e. The first-order chi connectivity index (χ1) is 8.90. The van der Waals surface area contributed by atoms with Crippen molar-refractivity contribution in [2.45, 2.75) is 6.54 Å². The zero-order valence-electron chi connectivity index (χ0n) is 10.3. The molecular formula is C16H15NO. The molecule has 1 N–H and O–H groups in total. The Labute approximate surface area is 106 Å². The van der Waals surface area contributed by atoms with E-state index in [1.807, 2.05) is 13.1 Å². The Morgan fingerprint density at radius 2 is 1.78 bits per heavy atom. The number of fused-ring (bicyclic) bond motifs is 1. The summed E-state index contributed by atoms with van der Waals surface area (Å²) >= 11 is 0. The summed E-state index contributed by atoms with van der Waals surface area (Å²) < 4.78 is 5.55. The van der Waals surface area contributed by atoms with Gasteiger partial charge < -0.3 is 9.73 Å². The highest BCUT2D eigenvalue weighted by Gasteiger charge is 2.10. The van der Waals surface area contributed by atoms with Crippen LogP contribution in [0.5, 0.6) is 0 Å². The van der Waals surface area contributed by atoms with Crippen molar-refractivity contribution in [1.82, 2.24) is 5.32 Å². The molecular weight excluding hydrogens is 222 g/mol. The molecule has 3 rings (SSSR count). The molecule has 0 aliphatic heterocycles. The molecule has 0 amide bonds. The number of nitrogens with one attached hydrogen (secondary N) is 1. The second-order valence-corrected chi connectivity index (χ2v) is 4.31. The molecule has 2 aromatic carbocycles. The average molecular weight is 237 g/mol. The molecule has 2 nitrogen and oxygen atoms in total. The van der Waals surface area contributed by atoms with Gasteiger partial charge in [-0.2, -0.15) is 0 Å². The number of rotatable bonds is 3. The topological polar surface area (TPSA) is 25.2 Å². The van der Waals surface area contributed by atoms with Crippen LogP contribution in [-0.2, 0) is 6.54 Å². The molecule has 0 saturated heterocycles. The zero-order chi connectivity index (χ0) is 12.4. The third-order valence-electron chi connectivity index (χ3n) is 3.16. The van der Waals surface area contributed by atoms with Crippen LogP contribution in [0.4, 0.5) is 0 Å². The molecule has 0 aliphatic rings. The summed E-state index contributed by atoms with van der Waals surface area (Å²) in [6, 6.07) is 16.8. The molecule has 18 heavy (non-hydrogen) atoms. The molecule has 0 aliphatic carbocycles. The highest BCUT2D eigenvalue weighted by molar-refractivity contribution is 5.96. The summed E-state index contributed by atoms with van der Waals surface area (Å²) in [5.74, 6) is 0.980. The van der Waals surface area contributed by atoms with Gasteiger partial charge in [0, 0.05) is 5.56 Å². The second-order valence-electron chi connectivity index (χ2n) is 4.31.